The molecule has 0 spiro atoms. The summed E-state index contributed by atoms with van der Waals surface area (Å²) in [6.07, 6.45) is 0. The fraction of sp³-hybridized carbons (Fsp3) is 0.333. The summed E-state index contributed by atoms with van der Waals surface area (Å²) in [5.74, 6) is 2.29. The molecule has 3 nitrogen and oxygen atoms in total. The fourth-order valence-electron chi connectivity index (χ4n) is 1.73. The van der Waals surface area contributed by atoms with Gasteiger partial charge in [-0.15, -0.1) is 0 Å². The molecule has 3 heteroatoms. The Hall–Kier alpha value is -1.74. The zero-order valence-corrected chi connectivity index (χ0v) is 10.7. The Morgan fingerprint density at radius 2 is 1.83 bits per heavy atom. The van der Waals surface area contributed by atoms with Crippen molar-refractivity contribution in [3.63, 3.8) is 0 Å². The summed E-state index contributed by atoms with van der Waals surface area (Å²) in [7, 11) is 0. The lowest BCUT2D eigenvalue weighted by atomic mass is 10.1. The Labute approximate surface area is 107 Å². The van der Waals surface area contributed by atoms with Gasteiger partial charge in [0.25, 0.3) is 0 Å². The molecule has 2 aromatic rings. The van der Waals surface area contributed by atoms with E-state index in [4.69, 9.17) is 9.15 Å². The van der Waals surface area contributed by atoms with Gasteiger partial charge in [0.1, 0.15) is 23.9 Å². The molecule has 18 heavy (non-hydrogen) atoms. The fourth-order valence-corrected chi connectivity index (χ4v) is 1.73. The zero-order chi connectivity index (χ0) is 13.0. The van der Waals surface area contributed by atoms with Crippen LogP contribution in [0.5, 0.6) is 5.75 Å². The zero-order valence-electron chi connectivity index (χ0n) is 10.7. The highest BCUT2D eigenvalue weighted by Crippen LogP contribution is 2.20. The van der Waals surface area contributed by atoms with Gasteiger partial charge in [0.2, 0.25) is 0 Å². The molecule has 2 rings (SSSR count). The van der Waals surface area contributed by atoms with Gasteiger partial charge in [-0.3, -0.25) is 0 Å². The number of benzene rings is 1. The highest BCUT2D eigenvalue weighted by molar-refractivity contribution is 5.26. The van der Waals surface area contributed by atoms with Gasteiger partial charge in [-0.25, -0.2) is 0 Å². The molecule has 1 aromatic carbocycles. The van der Waals surface area contributed by atoms with Gasteiger partial charge in [-0.2, -0.15) is 0 Å². The van der Waals surface area contributed by atoms with E-state index in [1.807, 2.05) is 50.2 Å². The van der Waals surface area contributed by atoms with Gasteiger partial charge in [0, 0.05) is 0 Å². The lowest BCUT2D eigenvalue weighted by Gasteiger charge is -2.13. The highest BCUT2D eigenvalue weighted by Gasteiger charge is 2.15. The van der Waals surface area contributed by atoms with E-state index in [-0.39, 0.29) is 12.5 Å². The van der Waals surface area contributed by atoms with Crippen LogP contribution >= 0.6 is 0 Å². The first kappa shape index (κ1) is 12.7. The predicted molar refractivity (Wildman–Crippen MR) is 69.9 cm³/mol. The molecule has 0 amide bonds. The SMILES string of the molecule is Cc1ccc(OCC(CO)c2ccc(C)o2)cc1. The predicted octanol–water partition coefficient (Wildman–Crippen LogP) is 3.05. The molecule has 1 aromatic heterocycles. The number of furan rings is 1. The first-order valence-electron chi connectivity index (χ1n) is 6.05. The summed E-state index contributed by atoms with van der Waals surface area (Å²) in [6, 6.07) is 11.6. The quantitative estimate of drug-likeness (QED) is 0.881. The summed E-state index contributed by atoms with van der Waals surface area (Å²) in [6.45, 7) is 4.34. The molecule has 0 saturated heterocycles. The number of ether oxygens (including phenoxy) is 1. The third-order valence-electron chi connectivity index (χ3n) is 2.86. The number of hydrogen-bond donors (Lipinski definition) is 1. The lowest BCUT2D eigenvalue weighted by molar-refractivity contribution is 0.189. The van der Waals surface area contributed by atoms with Gasteiger partial charge < -0.3 is 14.3 Å². The highest BCUT2D eigenvalue weighted by atomic mass is 16.5. The smallest absolute Gasteiger partial charge is 0.119 e. The van der Waals surface area contributed by atoms with Crippen LogP contribution in [-0.2, 0) is 0 Å². The van der Waals surface area contributed by atoms with E-state index in [9.17, 15) is 5.11 Å². The monoisotopic (exact) mass is 246 g/mol. The van der Waals surface area contributed by atoms with Crippen molar-refractivity contribution in [3.05, 3.63) is 53.5 Å². The van der Waals surface area contributed by atoms with Crippen LogP contribution in [0.1, 0.15) is 23.0 Å². The van der Waals surface area contributed by atoms with Crippen molar-refractivity contribution in [2.24, 2.45) is 0 Å². The number of aryl methyl sites for hydroxylation is 2. The van der Waals surface area contributed by atoms with E-state index in [2.05, 4.69) is 0 Å². The third-order valence-corrected chi connectivity index (χ3v) is 2.86. The molecule has 1 N–H and O–H groups in total. The number of aliphatic hydroxyl groups is 1. The molecular formula is C15H18O3. The molecule has 1 atom stereocenters. The summed E-state index contributed by atoms with van der Waals surface area (Å²) >= 11 is 0. The van der Waals surface area contributed by atoms with Gasteiger partial charge >= 0.3 is 0 Å². The summed E-state index contributed by atoms with van der Waals surface area (Å²) in [4.78, 5) is 0. The minimum atomic E-state index is -0.125. The second-order valence-corrected chi connectivity index (χ2v) is 4.45. The van der Waals surface area contributed by atoms with E-state index in [1.54, 1.807) is 0 Å². The molecule has 1 unspecified atom stereocenters. The van der Waals surface area contributed by atoms with E-state index in [0.717, 1.165) is 17.3 Å². The average Bonchev–Trinajstić information content (AvgIpc) is 2.79. The van der Waals surface area contributed by atoms with Crippen LogP contribution in [0.25, 0.3) is 0 Å². The van der Waals surface area contributed by atoms with Crippen molar-refractivity contribution >= 4 is 0 Å². The van der Waals surface area contributed by atoms with Crippen LogP contribution in [0.2, 0.25) is 0 Å². The molecular weight excluding hydrogens is 228 g/mol. The van der Waals surface area contributed by atoms with Crippen molar-refractivity contribution in [2.75, 3.05) is 13.2 Å². The lowest BCUT2D eigenvalue weighted by Crippen LogP contribution is -2.13. The molecule has 0 saturated carbocycles. The number of aliphatic hydroxyl groups excluding tert-OH is 1. The first-order valence-corrected chi connectivity index (χ1v) is 6.05. The van der Waals surface area contributed by atoms with Gasteiger partial charge in [-0.05, 0) is 38.1 Å². The van der Waals surface area contributed by atoms with E-state index in [1.165, 1.54) is 5.56 Å². The molecule has 0 aliphatic carbocycles. The topological polar surface area (TPSA) is 42.6 Å². The Bertz CT molecular complexity index is 485. The average molecular weight is 246 g/mol. The van der Waals surface area contributed by atoms with E-state index < -0.39 is 0 Å². The molecule has 96 valence electrons. The Balaban J connectivity index is 1.97. The Kier molecular flexibility index (Phi) is 4.05. The summed E-state index contributed by atoms with van der Waals surface area (Å²) in [5.41, 5.74) is 1.20. The van der Waals surface area contributed by atoms with Crippen LogP contribution in [0.4, 0.5) is 0 Å². The second kappa shape index (κ2) is 5.74. The van der Waals surface area contributed by atoms with Crippen molar-refractivity contribution in [2.45, 2.75) is 19.8 Å². The molecule has 1 heterocycles. The third kappa shape index (κ3) is 3.14. The number of hydrogen-bond acceptors (Lipinski definition) is 3. The Morgan fingerprint density at radius 1 is 1.11 bits per heavy atom. The van der Waals surface area contributed by atoms with E-state index in [0.29, 0.717) is 6.61 Å². The molecule has 0 fully saturated rings. The summed E-state index contributed by atoms with van der Waals surface area (Å²) < 4.78 is 11.2. The van der Waals surface area contributed by atoms with Crippen molar-refractivity contribution in [1.82, 2.24) is 0 Å². The Morgan fingerprint density at radius 3 is 2.39 bits per heavy atom. The minimum absolute atomic E-state index is 0.0127. The van der Waals surface area contributed by atoms with Crippen LogP contribution < -0.4 is 4.74 Å². The molecule has 0 aliphatic rings. The maximum Gasteiger partial charge on any atom is 0.119 e. The van der Waals surface area contributed by atoms with Crippen LogP contribution in [-0.4, -0.2) is 18.3 Å². The largest absolute Gasteiger partial charge is 0.493 e. The van der Waals surface area contributed by atoms with Crippen LogP contribution in [0.15, 0.2) is 40.8 Å². The van der Waals surface area contributed by atoms with Crippen LogP contribution in [0.3, 0.4) is 0 Å². The van der Waals surface area contributed by atoms with E-state index >= 15 is 0 Å². The van der Waals surface area contributed by atoms with Crippen molar-refractivity contribution in [1.29, 1.82) is 0 Å². The minimum Gasteiger partial charge on any atom is -0.493 e. The van der Waals surface area contributed by atoms with Crippen molar-refractivity contribution in [3.8, 4) is 5.75 Å². The number of rotatable bonds is 5. The standard InChI is InChI=1S/C15H18O3/c1-11-3-6-14(7-4-11)17-10-13(9-16)15-8-5-12(2)18-15/h3-8,13,16H,9-10H2,1-2H3. The first-order chi connectivity index (χ1) is 8.69. The molecule has 0 radical (unpaired) electrons. The summed E-state index contributed by atoms with van der Waals surface area (Å²) in [5, 5.41) is 9.37. The molecule has 0 aliphatic heterocycles. The van der Waals surface area contributed by atoms with Gasteiger partial charge in [0.15, 0.2) is 0 Å². The maximum absolute atomic E-state index is 9.37. The van der Waals surface area contributed by atoms with Crippen molar-refractivity contribution < 1.29 is 14.3 Å². The molecule has 0 bridgehead atoms. The van der Waals surface area contributed by atoms with Gasteiger partial charge in [-0.1, -0.05) is 17.7 Å². The normalized spacial score (nSPS) is 12.4. The van der Waals surface area contributed by atoms with Gasteiger partial charge in [0.05, 0.1) is 12.5 Å². The second-order valence-electron chi connectivity index (χ2n) is 4.45. The van der Waals surface area contributed by atoms with Crippen LogP contribution in [0, 0.1) is 13.8 Å². The maximum atomic E-state index is 9.37.